The average Bonchev–Trinajstić information content (AvgIpc) is 1.39. The third-order valence-electron chi connectivity index (χ3n) is 0. The van der Waals surface area contributed by atoms with E-state index < -0.39 is 0 Å². The van der Waals surface area contributed by atoms with Crippen molar-refractivity contribution < 1.29 is 17.1 Å². The quantitative estimate of drug-likeness (QED) is 0.270. The summed E-state index contributed by atoms with van der Waals surface area (Å²) < 4.78 is 0. The van der Waals surface area contributed by atoms with Crippen LogP contribution in [-0.2, 0) is 17.1 Å². The van der Waals surface area contributed by atoms with Gasteiger partial charge in [-0.3, -0.25) is 0 Å². The molecular formula is C6H6Cu. The van der Waals surface area contributed by atoms with Gasteiger partial charge in [-0.1, -0.05) is 0 Å². The van der Waals surface area contributed by atoms with E-state index in [1.807, 2.05) is 11.8 Å². The second-order valence-electron chi connectivity index (χ2n) is 0.500. The molecule has 0 heterocycles. The molecule has 0 saturated carbocycles. The Morgan fingerprint density at radius 3 is 1.00 bits per heavy atom. The van der Waals surface area contributed by atoms with Crippen molar-refractivity contribution >= 4 is 0 Å². The van der Waals surface area contributed by atoms with Crippen molar-refractivity contribution in [2.24, 2.45) is 0 Å². The van der Waals surface area contributed by atoms with Gasteiger partial charge in [0.1, 0.15) is 0 Å². The van der Waals surface area contributed by atoms with E-state index in [9.17, 15) is 0 Å². The van der Waals surface area contributed by atoms with Crippen molar-refractivity contribution in [1.82, 2.24) is 0 Å². The summed E-state index contributed by atoms with van der Waals surface area (Å²) in [4.78, 5) is 0. The van der Waals surface area contributed by atoms with E-state index in [1.54, 1.807) is 13.8 Å². The molecule has 0 rings (SSSR count). The fourth-order valence-corrected chi connectivity index (χ4v) is 0. The molecule has 0 bridgehead atoms. The van der Waals surface area contributed by atoms with Crippen LogP contribution in [0.5, 0.6) is 0 Å². The normalized spacial score (nSPS) is 2.29. The molecule has 0 N–H and O–H groups in total. The van der Waals surface area contributed by atoms with Gasteiger partial charge in [-0.25, -0.2) is 0 Å². The number of rotatable bonds is 0. The summed E-state index contributed by atoms with van der Waals surface area (Å²) in [6.45, 7) is 3.08. The minimum Gasteiger partial charge on any atom is -0.694 e. The molecule has 0 aliphatic rings. The van der Waals surface area contributed by atoms with Crippen molar-refractivity contribution in [3.05, 3.63) is 12.8 Å². The summed E-state index contributed by atoms with van der Waals surface area (Å²) >= 11 is 0. The Kier molecular flexibility index (Phi) is 103. The van der Waals surface area contributed by atoms with Crippen LogP contribution in [0.25, 0.3) is 0 Å². The summed E-state index contributed by atoms with van der Waals surface area (Å²) in [6.07, 6.45) is 11.9. The van der Waals surface area contributed by atoms with Gasteiger partial charge in [-0.2, -0.15) is 0 Å². The van der Waals surface area contributed by atoms with E-state index in [0.29, 0.717) is 0 Å². The Hall–Kier alpha value is -0.361. The predicted molar refractivity (Wildman–Crippen MR) is 25.6 cm³/mol. The minimum atomic E-state index is 0. The Morgan fingerprint density at radius 1 is 1.00 bits per heavy atom. The molecule has 0 aliphatic carbocycles. The van der Waals surface area contributed by atoms with E-state index in [2.05, 4.69) is 0 Å². The minimum absolute atomic E-state index is 0. The molecule has 0 aliphatic heterocycles. The van der Waals surface area contributed by atoms with Gasteiger partial charge in [0.2, 0.25) is 0 Å². The zero-order chi connectivity index (χ0) is 5.41. The van der Waals surface area contributed by atoms with Gasteiger partial charge in [0.05, 0.1) is 0 Å². The van der Waals surface area contributed by atoms with Crippen molar-refractivity contribution in [3.8, 4) is 11.8 Å². The van der Waals surface area contributed by atoms with Gasteiger partial charge >= 0.3 is 17.1 Å². The monoisotopic (exact) mass is 141 g/mol. The Labute approximate surface area is 56.2 Å². The van der Waals surface area contributed by atoms with Crippen LogP contribution in [0.1, 0.15) is 13.8 Å². The molecule has 0 unspecified atom stereocenters. The van der Waals surface area contributed by atoms with Crippen molar-refractivity contribution in [2.75, 3.05) is 0 Å². The first-order chi connectivity index (χ1) is 2.83. The molecule has 0 fully saturated rings. The third kappa shape index (κ3) is 575. The fourth-order valence-electron chi connectivity index (χ4n) is 0. The SMILES string of the molecule is [C-]#CC.[C-]#CC.[Cu+2]. The standard InChI is InChI=1S/2C3H3.Cu/c2*1-3-2;/h2*1H3;/q2*-1;+2. The van der Waals surface area contributed by atoms with E-state index in [-0.39, 0.29) is 17.1 Å². The Bertz CT molecular complexity index is 59.2. The second-order valence-corrected chi connectivity index (χ2v) is 0.500. The van der Waals surface area contributed by atoms with Crippen LogP contribution >= 0.6 is 0 Å². The largest absolute Gasteiger partial charge is 2.00 e. The molecule has 0 amide bonds. The van der Waals surface area contributed by atoms with Crippen LogP contribution in [0, 0.1) is 24.7 Å². The first kappa shape index (κ1) is 15.9. The summed E-state index contributed by atoms with van der Waals surface area (Å²) in [6, 6.07) is 0. The van der Waals surface area contributed by atoms with E-state index >= 15 is 0 Å². The van der Waals surface area contributed by atoms with Crippen molar-refractivity contribution in [1.29, 1.82) is 0 Å². The van der Waals surface area contributed by atoms with Crippen LogP contribution in [0.2, 0.25) is 0 Å². The predicted octanol–water partition coefficient (Wildman–Crippen LogP) is 1.19. The van der Waals surface area contributed by atoms with Gasteiger partial charge in [0.25, 0.3) is 0 Å². The van der Waals surface area contributed by atoms with E-state index in [4.69, 9.17) is 12.8 Å². The zero-order valence-corrected chi connectivity index (χ0v) is 5.24. The van der Waals surface area contributed by atoms with Crippen LogP contribution in [0.3, 0.4) is 0 Å². The molecule has 7 heavy (non-hydrogen) atoms. The van der Waals surface area contributed by atoms with Crippen molar-refractivity contribution in [2.45, 2.75) is 13.8 Å². The molecule has 41 valence electrons. The Balaban J connectivity index is -0.0000000400. The second kappa shape index (κ2) is 45.2. The van der Waals surface area contributed by atoms with Gasteiger partial charge in [-0.15, -0.1) is 0 Å². The van der Waals surface area contributed by atoms with Gasteiger partial charge in [0.15, 0.2) is 0 Å². The summed E-state index contributed by atoms with van der Waals surface area (Å²) in [7, 11) is 0. The molecule has 0 spiro atoms. The third-order valence-corrected chi connectivity index (χ3v) is 0. The molecule has 1 radical (unpaired) electrons. The molecular weight excluding hydrogens is 136 g/mol. The maximum absolute atomic E-state index is 5.96. The van der Waals surface area contributed by atoms with Gasteiger partial charge in [-0.05, 0) is 13.8 Å². The first-order valence-electron chi connectivity index (χ1n) is 1.50. The number of hydrogen-bond acceptors (Lipinski definition) is 0. The molecule has 0 aromatic carbocycles. The topological polar surface area (TPSA) is 0 Å². The maximum Gasteiger partial charge on any atom is 2.00 e. The van der Waals surface area contributed by atoms with Crippen LogP contribution < -0.4 is 0 Å². The Morgan fingerprint density at radius 2 is 1.00 bits per heavy atom. The molecule has 1 heteroatoms. The molecule has 0 aromatic rings. The van der Waals surface area contributed by atoms with Crippen LogP contribution in [0.4, 0.5) is 0 Å². The fraction of sp³-hybridized carbons (Fsp3) is 0.333. The maximum atomic E-state index is 5.96. The number of hydrogen-bond donors (Lipinski definition) is 0. The summed E-state index contributed by atoms with van der Waals surface area (Å²) in [5.74, 6) is 4.00. The van der Waals surface area contributed by atoms with E-state index in [1.165, 1.54) is 0 Å². The molecule has 0 atom stereocenters. The van der Waals surface area contributed by atoms with Crippen LogP contribution in [0.15, 0.2) is 0 Å². The zero-order valence-electron chi connectivity index (χ0n) is 4.30. The molecule has 0 nitrogen and oxygen atoms in total. The first-order valence-corrected chi connectivity index (χ1v) is 1.50. The smallest absolute Gasteiger partial charge is 0.694 e. The van der Waals surface area contributed by atoms with Gasteiger partial charge < -0.3 is 24.7 Å². The average molecular weight is 142 g/mol. The van der Waals surface area contributed by atoms with E-state index in [0.717, 1.165) is 0 Å². The van der Waals surface area contributed by atoms with Gasteiger partial charge in [0, 0.05) is 0 Å². The van der Waals surface area contributed by atoms with Crippen LogP contribution in [-0.4, -0.2) is 0 Å². The molecule has 0 aromatic heterocycles. The molecule has 0 saturated heterocycles. The van der Waals surface area contributed by atoms with Crippen molar-refractivity contribution in [3.63, 3.8) is 0 Å². The summed E-state index contributed by atoms with van der Waals surface area (Å²) in [5.41, 5.74) is 0. The summed E-state index contributed by atoms with van der Waals surface area (Å²) in [5, 5.41) is 0.